The molecule has 0 aliphatic rings. The first-order valence-electron chi connectivity index (χ1n) is 9.08. The van der Waals surface area contributed by atoms with E-state index in [-0.39, 0.29) is 0 Å². The van der Waals surface area contributed by atoms with Crippen LogP contribution in [0.4, 0.5) is 0 Å². The number of rotatable bonds is 9. The Kier molecular flexibility index (Phi) is 7.08. The van der Waals surface area contributed by atoms with Crippen molar-refractivity contribution in [3.63, 3.8) is 0 Å². The van der Waals surface area contributed by atoms with Gasteiger partial charge in [-0.2, -0.15) is 0 Å². The lowest BCUT2D eigenvalue weighted by Gasteiger charge is -2.14. The molecule has 4 nitrogen and oxygen atoms in total. The summed E-state index contributed by atoms with van der Waals surface area (Å²) in [6.45, 7) is 4.72. The van der Waals surface area contributed by atoms with E-state index in [0.29, 0.717) is 18.2 Å². The number of nitrogens with two attached hydrogens (primary N) is 1. The standard InChI is InChI=1S/C22H23ClN2O2/c1-2-26-22-12-17(13-25-15-18-6-5-11-24-14-18)9-10-21(22)27-16-19-7-3-4-8-20(19)23/h3-12,14,25H,2,13,15-16H2,1H3/p+1. The Morgan fingerprint density at radius 2 is 1.78 bits per heavy atom. The highest BCUT2D eigenvalue weighted by molar-refractivity contribution is 6.31. The molecular weight excluding hydrogens is 360 g/mol. The van der Waals surface area contributed by atoms with E-state index in [1.54, 1.807) is 6.20 Å². The molecule has 1 aromatic heterocycles. The third kappa shape index (κ3) is 5.71. The van der Waals surface area contributed by atoms with Crippen LogP contribution in [-0.4, -0.2) is 11.6 Å². The topological polar surface area (TPSA) is 48.0 Å². The number of benzene rings is 2. The van der Waals surface area contributed by atoms with Crippen LogP contribution in [0.2, 0.25) is 5.02 Å². The summed E-state index contributed by atoms with van der Waals surface area (Å²) in [6.07, 6.45) is 3.69. The third-order valence-corrected chi connectivity index (χ3v) is 4.50. The van der Waals surface area contributed by atoms with Gasteiger partial charge in [0.05, 0.1) is 6.61 Å². The van der Waals surface area contributed by atoms with Crippen LogP contribution in [0.15, 0.2) is 67.0 Å². The van der Waals surface area contributed by atoms with Crippen molar-refractivity contribution >= 4 is 11.6 Å². The van der Waals surface area contributed by atoms with Gasteiger partial charge in [0, 0.05) is 34.1 Å². The van der Waals surface area contributed by atoms with Crippen molar-refractivity contribution in [3.05, 3.63) is 88.7 Å². The first kappa shape index (κ1) is 19.2. The van der Waals surface area contributed by atoms with Crippen molar-refractivity contribution in [2.75, 3.05) is 6.61 Å². The van der Waals surface area contributed by atoms with Crippen LogP contribution < -0.4 is 14.8 Å². The van der Waals surface area contributed by atoms with E-state index in [1.165, 1.54) is 11.1 Å². The second-order valence-corrected chi connectivity index (χ2v) is 6.56. The second kappa shape index (κ2) is 9.95. The molecule has 2 N–H and O–H groups in total. The molecule has 5 heteroatoms. The molecular formula is C22H24ClN2O2+. The number of halogens is 1. The highest BCUT2D eigenvalue weighted by Crippen LogP contribution is 2.29. The van der Waals surface area contributed by atoms with Gasteiger partial charge in [-0.15, -0.1) is 0 Å². The van der Waals surface area contributed by atoms with E-state index in [4.69, 9.17) is 21.1 Å². The van der Waals surface area contributed by atoms with Crippen LogP contribution in [0.1, 0.15) is 23.6 Å². The number of hydrogen-bond acceptors (Lipinski definition) is 3. The van der Waals surface area contributed by atoms with Gasteiger partial charge in [0.15, 0.2) is 11.5 Å². The van der Waals surface area contributed by atoms with Crippen molar-refractivity contribution in [2.45, 2.75) is 26.6 Å². The molecule has 140 valence electrons. The lowest BCUT2D eigenvalue weighted by Crippen LogP contribution is -2.80. The molecule has 0 unspecified atom stereocenters. The first-order chi connectivity index (χ1) is 13.3. The van der Waals surface area contributed by atoms with Gasteiger partial charge in [-0.25, -0.2) is 0 Å². The number of nitrogens with zero attached hydrogens (tertiary/aromatic N) is 1. The van der Waals surface area contributed by atoms with Gasteiger partial charge in [0.2, 0.25) is 0 Å². The van der Waals surface area contributed by atoms with Gasteiger partial charge in [-0.05, 0) is 37.3 Å². The zero-order valence-corrected chi connectivity index (χ0v) is 16.2. The zero-order chi connectivity index (χ0) is 18.9. The molecule has 0 atom stereocenters. The summed E-state index contributed by atoms with van der Waals surface area (Å²) in [4.78, 5) is 4.15. The maximum atomic E-state index is 6.20. The minimum Gasteiger partial charge on any atom is -0.490 e. The molecule has 0 aliphatic carbocycles. The summed E-state index contributed by atoms with van der Waals surface area (Å²) in [7, 11) is 0. The van der Waals surface area contributed by atoms with Crippen LogP contribution in [0.3, 0.4) is 0 Å². The fraction of sp³-hybridized carbons (Fsp3) is 0.227. The summed E-state index contributed by atoms with van der Waals surface area (Å²) in [6, 6.07) is 17.8. The van der Waals surface area contributed by atoms with E-state index in [1.807, 2.05) is 55.6 Å². The molecule has 0 spiro atoms. The van der Waals surface area contributed by atoms with Crippen molar-refractivity contribution in [1.29, 1.82) is 0 Å². The molecule has 0 amide bonds. The maximum Gasteiger partial charge on any atom is 0.161 e. The molecule has 0 saturated carbocycles. The fourth-order valence-electron chi connectivity index (χ4n) is 2.76. The highest BCUT2D eigenvalue weighted by atomic mass is 35.5. The van der Waals surface area contributed by atoms with Crippen molar-refractivity contribution < 1.29 is 14.8 Å². The van der Waals surface area contributed by atoms with Gasteiger partial charge in [-0.3, -0.25) is 4.98 Å². The zero-order valence-electron chi connectivity index (χ0n) is 15.4. The minimum atomic E-state index is 0.409. The average molecular weight is 384 g/mol. The first-order valence-corrected chi connectivity index (χ1v) is 9.46. The second-order valence-electron chi connectivity index (χ2n) is 6.15. The molecule has 3 aromatic rings. The quantitative estimate of drug-likeness (QED) is 0.608. The minimum absolute atomic E-state index is 0.409. The van der Waals surface area contributed by atoms with Crippen LogP contribution in [0.25, 0.3) is 0 Å². The maximum absolute atomic E-state index is 6.20. The van der Waals surface area contributed by atoms with Crippen LogP contribution >= 0.6 is 11.6 Å². The third-order valence-electron chi connectivity index (χ3n) is 4.13. The molecule has 27 heavy (non-hydrogen) atoms. The Morgan fingerprint density at radius 3 is 2.56 bits per heavy atom. The number of quaternary nitrogens is 1. The Balaban J connectivity index is 1.62. The number of ether oxygens (including phenoxy) is 2. The molecule has 0 bridgehead atoms. The summed E-state index contributed by atoms with van der Waals surface area (Å²) >= 11 is 6.20. The molecule has 1 heterocycles. The lowest BCUT2D eigenvalue weighted by atomic mass is 10.2. The molecule has 2 aromatic carbocycles. The molecule has 0 aliphatic heterocycles. The molecule has 0 radical (unpaired) electrons. The van der Waals surface area contributed by atoms with E-state index < -0.39 is 0 Å². The van der Waals surface area contributed by atoms with Crippen molar-refractivity contribution in [3.8, 4) is 11.5 Å². The summed E-state index contributed by atoms with van der Waals surface area (Å²) in [5, 5.41) is 2.95. The average Bonchev–Trinajstić information content (AvgIpc) is 2.69. The Labute approximate surface area is 165 Å². The van der Waals surface area contributed by atoms with E-state index in [9.17, 15) is 0 Å². The summed E-state index contributed by atoms with van der Waals surface area (Å²) < 4.78 is 11.7. The van der Waals surface area contributed by atoms with Gasteiger partial charge < -0.3 is 14.8 Å². The molecule has 0 fully saturated rings. The SMILES string of the molecule is CCOc1cc(C[NH2+]Cc2cccnc2)ccc1OCc1ccccc1Cl. The van der Waals surface area contributed by atoms with Gasteiger partial charge in [0.1, 0.15) is 19.7 Å². The Hall–Kier alpha value is -2.56. The van der Waals surface area contributed by atoms with Gasteiger partial charge in [0.25, 0.3) is 0 Å². The fourth-order valence-corrected chi connectivity index (χ4v) is 2.95. The number of hydrogen-bond donors (Lipinski definition) is 1. The van der Waals surface area contributed by atoms with Gasteiger partial charge >= 0.3 is 0 Å². The van der Waals surface area contributed by atoms with Gasteiger partial charge in [-0.1, -0.05) is 35.9 Å². The molecule has 0 saturated heterocycles. The van der Waals surface area contributed by atoms with Crippen molar-refractivity contribution in [2.24, 2.45) is 0 Å². The smallest absolute Gasteiger partial charge is 0.161 e. The summed E-state index contributed by atoms with van der Waals surface area (Å²) in [5.74, 6) is 1.49. The van der Waals surface area contributed by atoms with Crippen LogP contribution in [-0.2, 0) is 19.7 Å². The van der Waals surface area contributed by atoms with E-state index in [0.717, 1.165) is 30.2 Å². The Bertz CT molecular complexity index is 856. The van der Waals surface area contributed by atoms with Crippen LogP contribution in [0, 0.1) is 0 Å². The summed E-state index contributed by atoms with van der Waals surface area (Å²) in [5.41, 5.74) is 3.35. The monoisotopic (exact) mass is 383 g/mol. The Morgan fingerprint density at radius 1 is 0.926 bits per heavy atom. The largest absolute Gasteiger partial charge is 0.490 e. The normalized spacial score (nSPS) is 10.6. The van der Waals surface area contributed by atoms with E-state index in [2.05, 4.69) is 22.4 Å². The number of aromatic nitrogens is 1. The predicted octanol–water partition coefficient (Wildman–Crippen LogP) is 3.98. The van der Waals surface area contributed by atoms with Crippen LogP contribution in [0.5, 0.6) is 11.5 Å². The lowest BCUT2D eigenvalue weighted by molar-refractivity contribution is -0.686. The number of pyridine rings is 1. The predicted molar refractivity (Wildman–Crippen MR) is 107 cm³/mol. The van der Waals surface area contributed by atoms with E-state index >= 15 is 0 Å². The highest BCUT2D eigenvalue weighted by Gasteiger charge is 2.09. The molecule has 3 rings (SSSR count). The van der Waals surface area contributed by atoms with Crippen molar-refractivity contribution in [1.82, 2.24) is 4.98 Å².